The quantitative estimate of drug-likeness (QED) is 0.904. The van der Waals surface area contributed by atoms with Gasteiger partial charge in [-0.2, -0.15) is 0 Å². The van der Waals surface area contributed by atoms with Crippen LogP contribution < -0.4 is 16.0 Å². The van der Waals surface area contributed by atoms with E-state index < -0.39 is 5.82 Å². The lowest BCUT2D eigenvalue weighted by molar-refractivity contribution is 0.0955. The maximum atomic E-state index is 13.0. The maximum Gasteiger partial charge on any atom is 0.265 e. The zero-order valence-corrected chi connectivity index (χ0v) is 13.1. The van der Waals surface area contributed by atoms with Gasteiger partial charge in [0, 0.05) is 20.6 Å². The fraction of sp³-hybridized carbons (Fsp3) is 0.231. The average molecular weight is 329 g/mol. The molecule has 0 bridgehead atoms. The summed E-state index contributed by atoms with van der Waals surface area (Å²) in [4.78, 5) is 18.3. The number of nitrogens with one attached hydrogen (secondary N) is 1. The van der Waals surface area contributed by atoms with Crippen molar-refractivity contribution in [1.82, 2.24) is 10.3 Å². The van der Waals surface area contributed by atoms with Crippen molar-refractivity contribution in [3.05, 3.63) is 39.5 Å². The van der Waals surface area contributed by atoms with Gasteiger partial charge in [-0.3, -0.25) is 4.79 Å². The number of halogens is 2. The number of nitrogens with two attached hydrogens (primary N) is 1. The van der Waals surface area contributed by atoms with Crippen molar-refractivity contribution in [1.29, 1.82) is 0 Å². The summed E-state index contributed by atoms with van der Waals surface area (Å²) in [6, 6.07) is 4.29. The highest BCUT2D eigenvalue weighted by Crippen LogP contribution is 2.26. The van der Waals surface area contributed by atoms with Crippen LogP contribution in [-0.4, -0.2) is 25.0 Å². The standard InChI is InChI=1S/C13H14ClFN4OS/c1-19(2)13-18-11(16)10(21-13)12(20)17-6-7-3-4-9(15)8(14)5-7/h3-5H,6,16H2,1-2H3,(H,17,20). The summed E-state index contributed by atoms with van der Waals surface area (Å²) in [5, 5.41) is 3.38. The molecule has 2 aromatic rings. The number of thiazole rings is 1. The Labute approximate surface area is 130 Å². The van der Waals surface area contributed by atoms with E-state index in [9.17, 15) is 9.18 Å². The smallest absolute Gasteiger partial charge is 0.265 e. The molecule has 0 spiro atoms. The Kier molecular flexibility index (Phi) is 4.64. The van der Waals surface area contributed by atoms with Gasteiger partial charge in [-0.1, -0.05) is 29.0 Å². The van der Waals surface area contributed by atoms with E-state index in [1.54, 1.807) is 11.0 Å². The number of hydrogen-bond acceptors (Lipinski definition) is 5. The third kappa shape index (κ3) is 3.62. The number of aromatic nitrogens is 1. The van der Waals surface area contributed by atoms with E-state index in [1.165, 1.54) is 23.5 Å². The van der Waals surface area contributed by atoms with Crippen LogP contribution in [0.25, 0.3) is 0 Å². The van der Waals surface area contributed by atoms with Crippen molar-refractivity contribution in [3.63, 3.8) is 0 Å². The monoisotopic (exact) mass is 328 g/mol. The van der Waals surface area contributed by atoms with Crippen LogP contribution in [0.3, 0.4) is 0 Å². The van der Waals surface area contributed by atoms with E-state index in [-0.39, 0.29) is 23.3 Å². The normalized spacial score (nSPS) is 10.5. The molecule has 1 amide bonds. The summed E-state index contributed by atoms with van der Waals surface area (Å²) in [6.07, 6.45) is 0. The van der Waals surface area contributed by atoms with Crippen LogP contribution in [0, 0.1) is 5.82 Å². The summed E-state index contributed by atoms with van der Waals surface area (Å²) in [5.41, 5.74) is 6.43. The van der Waals surface area contributed by atoms with Gasteiger partial charge in [0.1, 0.15) is 16.5 Å². The topological polar surface area (TPSA) is 71.2 Å². The summed E-state index contributed by atoms with van der Waals surface area (Å²) in [6.45, 7) is 0.230. The van der Waals surface area contributed by atoms with E-state index >= 15 is 0 Å². The van der Waals surface area contributed by atoms with Gasteiger partial charge in [-0.15, -0.1) is 0 Å². The minimum atomic E-state index is -0.492. The van der Waals surface area contributed by atoms with Crippen molar-refractivity contribution in [2.75, 3.05) is 24.7 Å². The van der Waals surface area contributed by atoms with E-state index in [4.69, 9.17) is 17.3 Å². The van der Waals surface area contributed by atoms with Crippen LogP contribution in [0.4, 0.5) is 15.3 Å². The van der Waals surface area contributed by atoms with Crippen molar-refractivity contribution < 1.29 is 9.18 Å². The molecule has 2 rings (SSSR count). The molecular formula is C13H14ClFN4OS. The Morgan fingerprint density at radius 2 is 2.24 bits per heavy atom. The number of carbonyl (C=O) groups excluding carboxylic acids is 1. The van der Waals surface area contributed by atoms with Crippen LogP contribution in [0.2, 0.25) is 5.02 Å². The Morgan fingerprint density at radius 1 is 1.52 bits per heavy atom. The number of nitrogens with zero attached hydrogens (tertiary/aromatic N) is 2. The van der Waals surface area contributed by atoms with Gasteiger partial charge in [0.05, 0.1) is 5.02 Å². The zero-order valence-electron chi connectivity index (χ0n) is 11.5. The second-order valence-corrected chi connectivity index (χ2v) is 5.92. The minimum Gasteiger partial charge on any atom is -0.382 e. The number of nitrogen functional groups attached to an aromatic ring is 1. The Balaban J connectivity index is 2.06. The first-order valence-electron chi connectivity index (χ1n) is 6.04. The molecule has 0 saturated carbocycles. The van der Waals surface area contributed by atoms with Crippen molar-refractivity contribution in [3.8, 4) is 0 Å². The van der Waals surface area contributed by atoms with Crippen LogP contribution in [0.15, 0.2) is 18.2 Å². The van der Waals surface area contributed by atoms with Gasteiger partial charge < -0.3 is 16.0 Å². The third-order valence-corrected chi connectivity index (χ3v) is 4.20. The van der Waals surface area contributed by atoms with Gasteiger partial charge in [0.15, 0.2) is 5.13 Å². The fourth-order valence-corrected chi connectivity index (χ4v) is 2.61. The van der Waals surface area contributed by atoms with Crippen LogP contribution in [-0.2, 0) is 6.54 Å². The molecule has 1 aromatic carbocycles. The Morgan fingerprint density at radius 3 is 2.81 bits per heavy atom. The lowest BCUT2D eigenvalue weighted by Gasteiger charge is -2.06. The lowest BCUT2D eigenvalue weighted by Crippen LogP contribution is -2.22. The number of amides is 1. The number of carbonyl (C=O) groups is 1. The van der Waals surface area contributed by atoms with Gasteiger partial charge >= 0.3 is 0 Å². The minimum absolute atomic E-state index is 0.0222. The van der Waals surface area contributed by atoms with Crippen molar-refractivity contribution >= 4 is 39.8 Å². The molecular weight excluding hydrogens is 315 g/mol. The molecule has 0 radical (unpaired) electrons. The van der Waals surface area contributed by atoms with Gasteiger partial charge in [-0.25, -0.2) is 9.37 Å². The first kappa shape index (κ1) is 15.5. The molecule has 112 valence electrons. The highest BCUT2D eigenvalue weighted by molar-refractivity contribution is 7.18. The molecule has 8 heteroatoms. The number of anilines is 2. The number of hydrogen-bond donors (Lipinski definition) is 2. The molecule has 1 heterocycles. The molecule has 0 aliphatic heterocycles. The first-order chi connectivity index (χ1) is 9.88. The largest absolute Gasteiger partial charge is 0.382 e. The summed E-state index contributed by atoms with van der Waals surface area (Å²) < 4.78 is 13.0. The molecule has 1 aromatic heterocycles. The van der Waals surface area contributed by atoms with E-state index in [0.29, 0.717) is 15.6 Å². The van der Waals surface area contributed by atoms with Crippen LogP contribution >= 0.6 is 22.9 Å². The zero-order chi connectivity index (χ0) is 15.6. The number of benzene rings is 1. The van der Waals surface area contributed by atoms with Gasteiger partial charge in [0.2, 0.25) is 0 Å². The second kappa shape index (κ2) is 6.28. The molecule has 0 atom stereocenters. The predicted molar refractivity (Wildman–Crippen MR) is 83.4 cm³/mol. The summed E-state index contributed by atoms with van der Waals surface area (Å²) >= 11 is 6.90. The third-order valence-electron chi connectivity index (χ3n) is 2.67. The molecule has 0 fully saturated rings. The number of rotatable bonds is 4. The SMILES string of the molecule is CN(C)c1nc(N)c(C(=O)NCc2ccc(F)c(Cl)c2)s1. The van der Waals surface area contributed by atoms with Crippen molar-refractivity contribution in [2.24, 2.45) is 0 Å². The average Bonchev–Trinajstić information content (AvgIpc) is 2.82. The predicted octanol–water partition coefficient (Wildman–Crippen LogP) is 2.51. The van der Waals surface area contributed by atoms with E-state index in [2.05, 4.69) is 10.3 Å². The first-order valence-corrected chi connectivity index (χ1v) is 7.23. The van der Waals surface area contributed by atoms with E-state index in [0.717, 1.165) is 0 Å². The molecule has 3 N–H and O–H groups in total. The Hall–Kier alpha value is -1.86. The Bertz CT molecular complexity index is 674. The maximum absolute atomic E-state index is 13.0. The van der Waals surface area contributed by atoms with E-state index in [1.807, 2.05) is 14.1 Å². The molecule has 21 heavy (non-hydrogen) atoms. The van der Waals surface area contributed by atoms with Crippen LogP contribution in [0.5, 0.6) is 0 Å². The summed E-state index contributed by atoms with van der Waals surface area (Å²) in [5.74, 6) is -0.619. The van der Waals surface area contributed by atoms with Crippen LogP contribution in [0.1, 0.15) is 15.2 Å². The molecule has 5 nitrogen and oxygen atoms in total. The molecule has 0 unspecified atom stereocenters. The molecule has 0 saturated heterocycles. The highest BCUT2D eigenvalue weighted by Gasteiger charge is 2.16. The van der Waals surface area contributed by atoms with Gasteiger partial charge in [-0.05, 0) is 17.7 Å². The lowest BCUT2D eigenvalue weighted by atomic mass is 10.2. The highest BCUT2D eigenvalue weighted by atomic mass is 35.5. The molecule has 0 aliphatic carbocycles. The fourth-order valence-electron chi connectivity index (χ4n) is 1.59. The summed E-state index contributed by atoms with van der Waals surface area (Å²) in [7, 11) is 3.64. The second-order valence-electron chi connectivity index (χ2n) is 4.54. The molecule has 0 aliphatic rings. The van der Waals surface area contributed by atoms with Gasteiger partial charge in [0.25, 0.3) is 5.91 Å². The van der Waals surface area contributed by atoms with Crippen molar-refractivity contribution in [2.45, 2.75) is 6.54 Å².